The molecule has 2 saturated carbocycles. The first kappa shape index (κ1) is 14.0. The van der Waals surface area contributed by atoms with E-state index in [0.29, 0.717) is 17.9 Å². The van der Waals surface area contributed by atoms with Gasteiger partial charge in [0.05, 0.1) is 5.60 Å². The molecule has 1 aromatic rings. The first-order valence-corrected chi connectivity index (χ1v) is 7.36. The highest BCUT2D eigenvalue weighted by Crippen LogP contribution is 2.68. The average molecular weight is 280 g/mol. The van der Waals surface area contributed by atoms with Gasteiger partial charge in [0.2, 0.25) is 0 Å². The van der Waals surface area contributed by atoms with Crippen molar-refractivity contribution in [3.05, 3.63) is 35.4 Å². The number of halogens is 2. The zero-order chi connectivity index (χ0) is 14.8. The van der Waals surface area contributed by atoms with Gasteiger partial charge >= 0.3 is 0 Å². The van der Waals surface area contributed by atoms with Crippen LogP contribution in [0.2, 0.25) is 0 Å². The molecule has 3 atom stereocenters. The molecule has 1 N–H and O–H groups in total. The van der Waals surface area contributed by atoms with E-state index in [1.165, 1.54) is 6.07 Å². The predicted octanol–water partition coefficient (Wildman–Crippen LogP) is 4.08. The van der Waals surface area contributed by atoms with Crippen molar-refractivity contribution in [3.63, 3.8) is 0 Å². The summed E-state index contributed by atoms with van der Waals surface area (Å²) in [7, 11) is 0. The van der Waals surface area contributed by atoms with Crippen molar-refractivity contribution < 1.29 is 13.9 Å². The lowest BCUT2D eigenvalue weighted by Crippen LogP contribution is -2.55. The molecule has 0 aliphatic heterocycles. The molecular weight excluding hydrogens is 258 g/mol. The van der Waals surface area contributed by atoms with Crippen LogP contribution in [0.1, 0.15) is 45.6 Å². The van der Waals surface area contributed by atoms with Crippen molar-refractivity contribution in [1.82, 2.24) is 0 Å². The van der Waals surface area contributed by atoms with Crippen LogP contribution in [-0.2, 0) is 6.42 Å². The molecule has 0 spiro atoms. The summed E-state index contributed by atoms with van der Waals surface area (Å²) in [6.45, 7) is 6.37. The third kappa shape index (κ3) is 1.62. The highest BCUT2D eigenvalue weighted by Gasteiger charge is 2.67. The molecule has 110 valence electrons. The molecule has 0 heterocycles. The summed E-state index contributed by atoms with van der Waals surface area (Å²) in [6.07, 6.45) is 3.59. The number of aliphatic hydroxyl groups is 1. The summed E-state index contributed by atoms with van der Waals surface area (Å²) in [5, 5.41) is 11.4. The maximum atomic E-state index is 13.4. The van der Waals surface area contributed by atoms with Gasteiger partial charge in [0.25, 0.3) is 0 Å². The predicted molar refractivity (Wildman–Crippen MR) is 74.2 cm³/mol. The molecule has 0 saturated heterocycles. The summed E-state index contributed by atoms with van der Waals surface area (Å²) in [5.74, 6) is -1.15. The largest absolute Gasteiger partial charge is 0.388 e. The van der Waals surface area contributed by atoms with Crippen LogP contribution in [0.5, 0.6) is 0 Å². The highest BCUT2D eigenvalue weighted by atomic mass is 19.2. The summed E-state index contributed by atoms with van der Waals surface area (Å²) in [4.78, 5) is 0. The third-order valence-electron chi connectivity index (χ3n) is 6.27. The van der Waals surface area contributed by atoms with E-state index in [9.17, 15) is 13.9 Å². The monoisotopic (exact) mass is 280 g/mol. The van der Waals surface area contributed by atoms with E-state index in [1.807, 2.05) is 0 Å². The molecule has 3 rings (SSSR count). The normalized spacial score (nSPS) is 38.4. The van der Waals surface area contributed by atoms with Gasteiger partial charge in [0, 0.05) is 6.42 Å². The Kier molecular flexibility index (Phi) is 2.82. The van der Waals surface area contributed by atoms with Gasteiger partial charge in [-0.2, -0.15) is 0 Å². The van der Waals surface area contributed by atoms with Gasteiger partial charge < -0.3 is 5.11 Å². The van der Waals surface area contributed by atoms with E-state index < -0.39 is 17.2 Å². The first-order valence-electron chi connectivity index (χ1n) is 7.36. The second kappa shape index (κ2) is 4.03. The minimum Gasteiger partial charge on any atom is -0.388 e. The molecular formula is C17H22F2O. The third-order valence-corrected chi connectivity index (χ3v) is 6.27. The lowest BCUT2D eigenvalue weighted by Gasteiger charge is -2.51. The maximum Gasteiger partial charge on any atom is 0.159 e. The van der Waals surface area contributed by atoms with Crippen LogP contribution in [0, 0.1) is 28.4 Å². The van der Waals surface area contributed by atoms with Crippen molar-refractivity contribution in [2.75, 3.05) is 0 Å². The van der Waals surface area contributed by atoms with Crippen molar-refractivity contribution in [2.24, 2.45) is 16.7 Å². The van der Waals surface area contributed by atoms with Gasteiger partial charge in [-0.15, -0.1) is 0 Å². The van der Waals surface area contributed by atoms with E-state index in [0.717, 1.165) is 25.3 Å². The molecule has 2 bridgehead atoms. The van der Waals surface area contributed by atoms with Gasteiger partial charge in [-0.1, -0.05) is 26.8 Å². The number of benzene rings is 1. The molecule has 2 aliphatic carbocycles. The van der Waals surface area contributed by atoms with Crippen LogP contribution in [0.15, 0.2) is 18.2 Å². The quantitative estimate of drug-likeness (QED) is 0.865. The van der Waals surface area contributed by atoms with E-state index in [-0.39, 0.29) is 10.8 Å². The van der Waals surface area contributed by atoms with Crippen molar-refractivity contribution >= 4 is 0 Å². The summed E-state index contributed by atoms with van der Waals surface area (Å²) in [6, 6.07) is 3.96. The molecule has 0 radical (unpaired) electrons. The average Bonchev–Trinajstić information content (AvgIpc) is 2.82. The number of rotatable bonds is 2. The second-order valence-corrected chi connectivity index (χ2v) is 7.51. The van der Waals surface area contributed by atoms with Crippen LogP contribution < -0.4 is 0 Å². The lowest BCUT2D eigenvalue weighted by molar-refractivity contribution is -0.141. The number of fused-ring (bicyclic) bond motifs is 2. The molecule has 20 heavy (non-hydrogen) atoms. The van der Waals surface area contributed by atoms with Crippen LogP contribution in [0.25, 0.3) is 0 Å². The zero-order valence-corrected chi connectivity index (χ0v) is 12.3. The summed E-state index contributed by atoms with van der Waals surface area (Å²) < 4.78 is 26.4. The molecule has 2 fully saturated rings. The van der Waals surface area contributed by atoms with Crippen molar-refractivity contribution in [1.29, 1.82) is 0 Å². The molecule has 0 aromatic heterocycles. The Bertz CT molecular complexity index is 547. The smallest absolute Gasteiger partial charge is 0.159 e. The van der Waals surface area contributed by atoms with Gasteiger partial charge in [-0.25, -0.2) is 8.78 Å². The van der Waals surface area contributed by atoms with Gasteiger partial charge in [-0.05, 0) is 53.7 Å². The lowest BCUT2D eigenvalue weighted by atomic mass is 9.58. The standard InChI is InChI=1S/C17H22F2O/c1-15(2)12-6-7-16(3,10-12)17(15,20)9-11-4-5-13(18)14(19)8-11/h4-5,8,12,20H,6-7,9-10H2,1-3H3. The second-order valence-electron chi connectivity index (χ2n) is 7.51. The Hall–Kier alpha value is -0.960. The van der Waals surface area contributed by atoms with Gasteiger partial charge in [-0.3, -0.25) is 0 Å². The van der Waals surface area contributed by atoms with E-state index in [2.05, 4.69) is 20.8 Å². The van der Waals surface area contributed by atoms with Gasteiger partial charge in [0.1, 0.15) is 0 Å². The Morgan fingerprint density at radius 2 is 1.90 bits per heavy atom. The summed E-state index contributed by atoms with van der Waals surface area (Å²) >= 11 is 0. The minimum atomic E-state index is -0.854. The SMILES string of the molecule is CC12CCC(C1)C(C)(C)C2(O)Cc1ccc(F)c(F)c1. The summed E-state index contributed by atoms with van der Waals surface area (Å²) in [5.41, 5.74) is -0.488. The Morgan fingerprint density at radius 3 is 2.45 bits per heavy atom. The van der Waals surface area contributed by atoms with Crippen LogP contribution in [0.3, 0.4) is 0 Å². The molecule has 1 nitrogen and oxygen atoms in total. The van der Waals surface area contributed by atoms with Crippen LogP contribution in [-0.4, -0.2) is 10.7 Å². The number of hydrogen-bond acceptors (Lipinski definition) is 1. The Morgan fingerprint density at radius 1 is 1.20 bits per heavy atom. The fourth-order valence-corrected chi connectivity index (χ4v) is 4.73. The molecule has 3 unspecified atom stereocenters. The minimum absolute atomic E-state index is 0.119. The van der Waals surface area contributed by atoms with E-state index in [4.69, 9.17) is 0 Å². The van der Waals surface area contributed by atoms with Crippen LogP contribution >= 0.6 is 0 Å². The Balaban J connectivity index is 1.98. The highest BCUT2D eigenvalue weighted by molar-refractivity contribution is 5.26. The van der Waals surface area contributed by atoms with E-state index in [1.54, 1.807) is 6.07 Å². The molecule has 1 aromatic carbocycles. The van der Waals surface area contributed by atoms with E-state index >= 15 is 0 Å². The molecule has 2 aliphatic rings. The number of hydrogen-bond donors (Lipinski definition) is 1. The fourth-order valence-electron chi connectivity index (χ4n) is 4.73. The fraction of sp³-hybridized carbons (Fsp3) is 0.647. The Labute approximate surface area is 119 Å². The topological polar surface area (TPSA) is 20.2 Å². The first-order chi connectivity index (χ1) is 9.20. The van der Waals surface area contributed by atoms with Gasteiger partial charge in [0.15, 0.2) is 11.6 Å². The van der Waals surface area contributed by atoms with Crippen molar-refractivity contribution in [3.8, 4) is 0 Å². The maximum absolute atomic E-state index is 13.4. The van der Waals surface area contributed by atoms with Crippen LogP contribution in [0.4, 0.5) is 8.78 Å². The molecule has 3 heteroatoms. The van der Waals surface area contributed by atoms with Crippen molar-refractivity contribution in [2.45, 2.75) is 52.1 Å². The zero-order valence-electron chi connectivity index (χ0n) is 12.3. The molecule has 0 amide bonds.